The molecule has 0 radical (unpaired) electrons. The Morgan fingerprint density at radius 2 is 1.90 bits per heavy atom. The van der Waals surface area contributed by atoms with Crippen molar-refractivity contribution in [2.45, 2.75) is 46.1 Å². The van der Waals surface area contributed by atoms with E-state index in [1.54, 1.807) is 0 Å². The average Bonchev–Trinajstić information content (AvgIpc) is 2.90. The van der Waals surface area contributed by atoms with Crippen LogP contribution in [0, 0.1) is 5.92 Å². The van der Waals surface area contributed by atoms with Gasteiger partial charge in [-0.25, -0.2) is 0 Å². The number of carbonyl (C=O) groups excluding carboxylic acids is 1. The predicted molar refractivity (Wildman–Crippen MR) is 86.9 cm³/mol. The van der Waals surface area contributed by atoms with Gasteiger partial charge in [-0.05, 0) is 62.8 Å². The third-order valence-electron chi connectivity index (χ3n) is 4.95. The quantitative estimate of drug-likeness (QED) is 0.832. The summed E-state index contributed by atoms with van der Waals surface area (Å²) >= 11 is 0. The average molecular weight is 286 g/mol. The number of piperidine rings is 1. The maximum Gasteiger partial charge on any atom is 0.253 e. The molecule has 0 spiro atoms. The molecular weight excluding hydrogens is 260 g/mol. The van der Waals surface area contributed by atoms with E-state index in [0.717, 1.165) is 50.4 Å². The fourth-order valence-electron chi connectivity index (χ4n) is 3.49. The van der Waals surface area contributed by atoms with Crippen molar-refractivity contribution in [2.75, 3.05) is 24.5 Å². The van der Waals surface area contributed by atoms with Crippen LogP contribution in [-0.4, -0.2) is 36.5 Å². The summed E-state index contributed by atoms with van der Waals surface area (Å²) in [5, 5.41) is 0. The molecule has 3 nitrogen and oxygen atoms in total. The molecule has 1 aromatic rings. The van der Waals surface area contributed by atoms with Crippen molar-refractivity contribution in [3.05, 3.63) is 29.3 Å². The van der Waals surface area contributed by atoms with E-state index in [4.69, 9.17) is 0 Å². The summed E-state index contributed by atoms with van der Waals surface area (Å²) in [5.41, 5.74) is 3.52. The number of amides is 1. The first-order valence-electron chi connectivity index (χ1n) is 8.25. The van der Waals surface area contributed by atoms with E-state index in [1.807, 2.05) is 11.0 Å². The van der Waals surface area contributed by atoms with E-state index in [9.17, 15) is 4.79 Å². The van der Waals surface area contributed by atoms with Gasteiger partial charge in [0, 0.05) is 36.9 Å². The smallest absolute Gasteiger partial charge is 0.253 e. The number of hydrogen-bond donors (Lipinski definition) is 0. The molecule has 1 saturated heterocycles. The fraction of sp³-hybridized carbons (Fsp3) is 0.611. The third-order valence-corrected chi connectivity index (χ3v) is 4.95. The molecule has 2 aliphatic rings. The van der Waals surface area contributed by atoms with E-state index in [-0.39, 0.29) is 5.91 Å². The van der Waals surface area contributed by atoms with Gasteiger partial charge in [0.25, 0.3) is 5.91 Å². The normalized spacial score (nSPS) is 19.2. The van der Waals surface area contributed by atoms with Gasteiger partial charge in [-0.2, -0.15) is 0 Å². The lowest BCUT2D eigenvalue weighted by molar-refractivity contribution is 0.0697. The van der Waals surface area contributed by atoms with Crippen LogP contribution in [0.1, 0.15) is 49.5 Å². The Morgan fingerprint density at radius 1 is 1.19 bits per heavy atom. The topological polar surface area (TPSA) is 23.6 Å². The molecule has 0 unspecified atom stereocenters. The van der Waals surface area contributed by atoms with Crippen LogP contribution in [0.5, 0.6) is 0 Å². The number of benzene rings is 1. The first-order valence-corrected chi connectivity index (χ1v) is 8.25. The standard InChI is InChI=1S/C18H26N2O/c1-13(2)20-11-8-15-12-16(4-5-17(15)20)18(21)19-9-6-14(3)7-10-19/h4-5,12-14H,6-11H2,1-3H3. The summed E-state index contributed by atoms with van der Waals surface area (Å²) < 4.78 is 0. The highest BCUT2D eigenvalue weighted by molar-refractivity contribution is 5.95. The van der Waals surface area contributed by atoms with Gasteiger partial charge in [0.2, 0.25) is 0 Å². The van der Waals surface area contributed by atoms with Crippen LogP contribution in [0.15, 0.2) is 18.2 Å². The van der Waals surface area contributed by atoms with Crippen LogP contribution in [0.4, 0.5) is 5.69 Å². The molecule has 114 valence electrons. The highest BCUT2D eigenvalue weighted by Crippen LogP contribution is 2.31. The molecule has 3 heteroatoms. The van der Waals surface area contributed by atoms with Crippen molar-refractivity contribution in [3.63, 3.8) is 0 Å². The molecule has 0 aliphatic carbocycles. The second kappa shape index (κ2) is 5.70. The number of rotatable bonds is 2. The minimum absolute atomic E-state index is 0.215. The number of likely N-dealkylation sites (tertiary alicyclic amines) is 1. The molecule has 2 aliphatic heterocycles. The second-order valence-electron chi connectivity index (χ2n) is 6.86. The van der Waals surface area contributed by atoms with Crippen molar-refractivity contribution >= 4 is 11.6 Å². The Bertz CT molecular complexity index is 530. The summed E-state index contributed by atoms with van der Waals surface area (Å²) in [4.78, 5) is 17.1. The zero-order valence-electron chi connectivity index (χ0n) is 13.4. The SMILES string of the molecule is CC1CCN(C(=O)c2ccc3c(c2)CCN3C(C)C)CC1. The first-order chi connectivity index (χ1) is 10.1. The Labute approximate surface area is 127 Å². The Morgan fingerprint density at radius 3 is 2.57 bits per heavy atom. The maximum absolute atomic E-state index is 12.6. The van der Waals surface area contributed by atoms with Gasteiger partial charge in [-0.3, -0.25) is 4.79 Å². The van der Waals surface area contributed by atoms with Gasteiger partial charge in [0.05, 0.1) is 0 Å². The number of hydrogen-bond acceptors (Lipinski definition) is 2. The van der Waals surface area contributed by atoms with E-state index in [0.29, 0.717) is 6.04 Å². The molecule has 0 bridgehead atoms. The second-order valence-corrected chi connectivity index (χ2v) is 6.86. The molecule has 0 atom stereocenters. The van der Waals surface area contributed by atoms with E-state index in [1.165, 1.54) is 11.3 Å². The van der Waals surface area contributed by atoms with Crippen LogP contribution < -0.4 is 4.90 Å². The molecule has 0 saturated carbocycles. The zero-order chi connectivity index (χ0) is 15.0. The Balaban J connectivity index is 1.77. The lowest BCUT2D eigenvalue weighted by Crippen LogP contribution is -2.37. The highest BCUT2D eigenvalue weighted by Gasteiger charge is 2.25. The predicted octanol–water partition coefficient (Wildman–Crippen LogP) is 3.33. The van der Waals surface area contributed by atoms with Gasteiger partial charge in [-0.15, -0.1) is 0 Å². The van der Waals surface area contributed by atoms with Crippen molar-refractivity contribution in [1.29, 1.82) is 0 Å². The maximum atomic E-state index is 12.6. The number of fused-ring (bicyclic) bond motifs is 1. The minimum atomic E-state index is 0.215. The lowest BCUT2D eigenvalue weighted by Gasteiger charge is -2.30. The number of carbonyl (C=O) groups is 1. The van der Waals surface area contributed by atoms with Crippen LogP contribution in [0.25, 0.3) is 0 Å². The van der Waals surface area contributed by atoms with Gasteiger partial charge in [0.1, 0.15) is 0 Å². The van der Waals surface area contributed by atoms with Crippen LogP contribution in [0.2, 0.25) is 0 Å². The molecule has 1 amide bonds. The molecule has 21 heavy (non-hydrogen) atoms. The van der Waals surface area contributed by atoms with Gasteiger partial charge < -0.3 is 9.80 Å². The molecule has 2 heterocycles. The van der Waals surface area contributed by atoms with Gasteiger partial charge in [-0.1, -0.05) is 6.92 Å². The molecular formula is C18H26N2O. The van der Waals surface area contributed by atoms with E-state index in [2.05, 4.69) is 37.8 Å². The highest BCUT2D eigenvalue weighted by atomic mass is 16.2. The van der Waals surface area contributed by atoms with Crippen LogP contribution in [-0.2, 0) is 6.42 Å². The van der Waals surface area contributed by atoms with Crippen molar-refractivity contribution < 1.29 is 4.79 Å². The third kappa shape index (κ3) is 2.78. The summed E-state index contributed by atoms with van der Waals surface area (Å²) in [5.74, 6) is 0.973. The monoisotopic (exact) mass is 286 g/mol. The summed E-state index contributed by atoms with van der Waals surface area (Å²) in [7, 11) is 0. The summed E-state index contributed by atoms with van der Waals surface area (Å²) in [6, 6.07) is 6.80. The molecule has 1 aromatic carbocycles. The first kappa shape index (κ1) is 14.4. The van der Waals surface area contributed by atoms with Crippen molar-refractivity contribution in [2.24, 2.45) is 5.92 Å². The fourth-order valence-corrected chi connectivity index (χ4v) is 3.49. The largest absolute Gasteiger partial charge is 0.369 e. The van der Waals surface area contributed by atoms with Crippen molar-refractivity contribution in [3.8, 4) is 0 Å². The molecule has 3 rings (SSSR count). The summed E-state index contributed by atoms with van der Waals surface area (Å²) in [6.45, 7) is 9.63. The Kier molecular flexibility index (Phi) is 3.92. The van der Waals surface area contributed by atoms with E-state index < -0.39 is 0 Å². The van der Waals surface area contributed by atoms with Crippen LogP contribution in [0.3, 0.4) is 0 Å². The number of anilines is 1. The molecule has 1 fully saturated rings. The van der Waals surface area contributed by atoms with Gasteiger partial charge >= 0.3 is 0 Å². The molecule has 0 N–H and O–H groups in total. The summed E-state index contributed by atoms with van der Waals surface area (Å²) in [6.07, 6.45) is 3.33. The van der Waals surface area contributed by atoms with E-state index >= 15 is 0 Å². The van der Waals surface area contributed by atoms with Crippen molar-refractivity contribution in [1.82, 2.24) is 4.90 Å². The Hall–Kier alpha value is -1.51. The minimum Gasteiger partial charge on any atom is -0.369 e. The number of nitrogens with zero attached hydrogens (tertiary/aromatic N) is 2. The lowest BCUT2D eigenvalue weighted by atomic mass is 9.98. The zero-order valence-corrected chi connectivity index (χ0v) is 13.4. The molecule has 0 aromatic heterocycles. The van der Waals surface area contributed by atoms with Gasteiger partial charge in [0.15, 0.2) is 0 Å². The van der Waals surface area contributed by atoms with Crippen LogP contribution >= 0.6 is 0 Å².